The van der Waals surface area contributed by atoms with Crippen LogP contribution in [0.15, 0.2) is 40.8 Å². The highest BCUT2D eigenvalue weighted by molar-refractivity contribution is 5.88. The Labute approximate surface area is 254 Å². The molecule has 9 N–H and O–H groups in total. The van der Waals surface area contributed by atoms with Gasteiger partial charge in [-0.25, -0.2) is 4.42 Å². The average Bonchev–Trinajstić information content (AvgIpc) is 2.98. The lowest BCUT2D eigenvalue weighted by atomic mass is 9.98. The number of hydrogen-bond acceptors (Lipinski definition) is 15. The number of phenolic OH excluding ortho intramolecular Hbond substituents is 4. The lowest BCUT2D eigenvalue weighted by Gasteiger charge is -2.43. The number of aromatic hydroxyl groups is 4. The van der Waals surface area contributed by atoms with E-state index >= 15 is 0 Å². The van der Waals surface area contributed by atoms with E-state index in [4.69, 9.17) is 28.1 Å². The van der Waals surface area contributed by atoms with E-state index in [0.29, 0.717) is 0 Å². The Morgan fingerprint density at radius 2 is 1.56 bits per heavy atom. The Morgan fingerprint density at radius 3 is 2.24 bits per heavy atom. The maximum Gasteiger partial charge on any atom is 0.402 e. The molecule has 0 spiro atoms. The van der Waals surface area contributed by atoms with Gasteiger partial charge in [-0.2, -0.15) is 0 Å². The molecule has 2 aliphatic rings. The third-order valence-corrected chi connectivity index (χ3v) is 7.48. The van der Waals surface area contributed by atoms with Crippen molar-refractivity contribution in [3.8, 4) is 40.1 Å². The first-order valence-electron chi connectivity index (χ1n) is 13.8. The third-order valence-electron chi connectivity index (χ3n) is 7.48. The molecule has 5 rings (SSSR count). The van der Waals surface area contributed by atoms with Gasteiger partial charge in [-0.15, -0.1) is 0 Å². The van der Waals surface area contributed by atoms with Gasteiger partial charge in [-0.3, -0.25) is 4.79 Å². The molecule has 2 saturated heterocycles. The van der Waals surface area contributed by atoms with Crippen LogP contribution in [0, 0.1) is 0 Å². The average molecular weight is 638 g/mol. The minimum Gasteiger partial charge on any atom is -0.507 e. The van der Waals surface area contributed by atoms with Crippen LogP contribution in [0.3, 0.4) is 0 Å². The van der Waals surface area contributed by atoms with Gasteiger partial charge in [0.15, 0.2) is 23.9 Å². The first kappa shape index (κ1) is 32.4. The zero-order valence-electron chi connectivity index (χ0n) is 23.8. The summed E-state index contributed by atoms with van der Waals surface area (Å²) < 4.78 is 33.8. The number of hydrogen-bond donors (Lipinski definition) is 9. The van der Waals surface area contributed by atoms with Gasteiger partial charge in [-0.05, 0) is 19.1 Å². The number of carbonyl (C=O) groups excluding carboxylic acids is 1. The summed E-state index contributed by atoms with van der Waals surface area (Å²) in [6.45, 7) is 1.98. The summed E-state index contributed by atoms with van der Waals surface area (Å²) in [4.78, 5) is 11.6. The second kappa shape index (κ2) is 12.8. The Morgan fingerprint density at radius 1 is 0.822 bits per heavy atom. The molecule has 2 aliphatic heterocycles. The van der Waals surface area contributed by atoms with Crippen LogP contribution in [0.1, 0.15) is 13.8 Å². The summed E-state index contributed by atoms with van der Waals surface area (Å²) in [5, 5.41) is 92.9. The number of benzene rings is 2. The highest BCUT2D eigenvalue weighted by atomic mass is 16.7. The molecule has 45 heavy (non-hydrogen) atoms. The Bertz CT molecular complexity index is 1550. The van der Waals surface area contributed by atoms with Crippen LogP contribution < -0.4 is 4.74 Å². The van der Waals surface area contributed by atoms with Gasteiger partial charge < -0.3 is 69.6 Å². The summed E-state index contributed by atoms with van der Waals surface area (Å²) in [5.41, 5.74) is 0.141. The van der Waals surface area contributed by atoms with Crippen LogP contribution >= 0.6 is 0 Å². The summed E-state index contributed by atoms with van der Waals surface area (Å²) in [6.07, 6.45) is -15.3. The molecular formula is C29H33O16+. The molecular weight excluding hydrogens is 604 g/mol. The van der Waals surface area contributed by atoms with Crippen molar-refractivity contribution in [3.63, 3.8) is 0 Å². The fourth-order valence-electron chi connectivity index (χ4n) is 5.06. The number of rotatable bonds is 7. The van der Waals surface area contributed by atoms with Crippen LogP contribution in [0.2, 0.25) is 0 Å². The smallest absolute Gasteiger partial charge is 0.402 e. The molecule has 3 heterocycles. The molecule has 1 aromatic heterocycles. The number of ether oxygens (including phenoxy) is 5. The van der Waals surface area contributed by atoms with Crippen LogP contribution in [0.5, 0.6) is 28.7 Å². The van der Waals surface area contributed by atoms with Crippen molar-refractivity contribution in [2.24, 2.45) is 0 Å². The molecule has 0 radical (unpaired) electrons. The number of aliphatic hydroxyl groups is 5. The van der Waals surface area contributed by atoms with E-state index in [2.05, 4.69) is 0 Å². The number of phenols is 4. The molecule has 16 nitrogen and oxygen atoms in total. The third kappa shape index (κ3) is 6.54. The van der Waals surface area contributed by atoms with Crippen LogP contribution in [0.25, 0.3) is 22.3 Å². The van der Waals surface area contributed by atoms with Gasteiger partial charge in [-0.1, -0.05) is 0 Å². The summed E-state index contributed by atoms with van der Waals surface area (Å²) in [5.74, 6) is -2.78. The minimum absolute atomic E-state index is 0.00869. The largest absolute Gasteiger partial charge is 0.507 e. The monoisotopic (exact) mass is 637 g/mol. The van der Waals surface area contributed by atoms with Gasteiger partial charge in [0.05, 0.1) is 24.3 Å². The quantitative estimate of drug-likeness (QED) is 0.0923. The Kier molecular flexibility index (Phi) is 9.20. The van der Waals surface area contributed by atoms with E-state index in [1.54, 1.807) is 0 Å². The van der Waals surface area contributed by atoms with Crippen molar-refractivity contribution in [3.05, 3.63) is 36.4 Å². The molecule has 0 bridgehead atoms. The first-order chi connectivity index (χ1) is 21.2. The summed E-state index contributed by atoms with van der Waals surface area (Å²) in [6, 6.07) is 7.19. The van der Waals surface area contributed by atoms with Gasteiger partial charge in [0.1, 0.15) is 53.5 Å². The zero-order chi connectivity index (χ0) is 32.7. The van der Waals surface area contributed by atoms with Crippen LogP contribution in [0.4, 0.5) is 0 Å². The molecule has 244 valence electrons. The van der Waals surface area contributed by atoms with Crippen LogP contribution in [-0.2, 0) is 23.7 Å². The molecule has 0 aliphatic carbocycles. The molecule has 16 heteroatoms. The van der Waals surface area contributed by atoms with Crippen molar-refractivity contribution in [2.75, 3.05) is 6.61 Å². The molecule has 4 unspecified atom stereocenters. The zero-order valence-corrected chi connectivity index (χ0v) is 23.8. The highest BCUT2D eigenvalue weighted by Gasteiger charge is 2.49. The second-order valence-electron chi connectivity index (χ2n) is 10.8. The van der Waals surface area contributed by atoms with E-state index in [0.717, 1.165) is 19.1 Å². The summed E-state index contributed by atoms with van der Waals surface area (Å²) in [7, 11) is 0. The van der Waals surface area contributed by atoms with Crippen molar-refractivity contribution in [2.45, 2.75) is 75.3 Å². The molecule has 3 aromatic rings. The molecule has 0 saturated carbocycles. The van der Waals surface area contributed by atoms with E-state index < -0.39 is 91.2 Å². The maximum atomic E-state index is 11.6. The number of fused-ring (bicyclic) bond motifs is 1. The lowest BCUT2D eigenvalue weighted by molar-refractivity contribution is -0.320. The standard InChI is InChI=1S/C29H32O16/c1-10-21(35)24(38)27(42-11(2)30)29(41-10)40-9-20-22(36)23(37)25(39)28(45-20)44-19-8-14-16(33)6-13(31)7-18(14)43-26(19)12-3-4-15(32)17(34)5-12/h3-8,10,20-25,27-29,35-39H,9H2,1-2H3,(H3-,31,32,33,34)/p+1/t10?,20?,21-,22+,23-,24?,25?,27-,28+,29+/m0/s1. The van der Waals surface area contributed by atoms with Crippen molar-refractivity contribution in [1.29, 1.82) is 0 Å². The lowest BCUT2D eigenvalue weighted by Crippen LogP contribution is -2.62. The van der Waals surface area contributed by atoms with Crippen LogP contribution in [-0.4, -0.2) is 120 Å². The molecule has 2 fully saturated rings. The second-order valence-corrected chi connectivity index (χ2v) is 10.8. The fraction of sp³-hybridized carbons (Fsp3) is 0.448. The Hall–Kier alpha value is -4.00. The van der Waals surface area contributed by atoms with Crippen molar-refractivity contribution < 1.29 is 78.9 Å². The van der Waals surface area contributed by atoms with Gasteiger partial charge in [0.2, 0.25) is 12.0 Å². The van der Waals surface area contributed by atoms with Gasteiger partial charge in [0, 0.05) is 25.1 Å². The topological polar surface area (TPSA) is 257 Å². The van der Waals surface area contributed by atoms with E-state index in [1.807, 2.05) is 0 Å². The van der Waals surface area contributed by atoms with Crippen molar-refractivity contribution in [1.82, 2.24) is 0 Å². The predicted octanol–water partition coefficient (Wildman–Crippen LogP) is -0.195. The first-order valence-corrected chi connectivity index (χ1v) is 13.8. The number of aliphatic hydroxyl groups excluding tert-OH is 5. The van der Waals surface area contributed by atoms with Gasteiger partial charge >= 0.3 is 17.3 Å². The highest BCUT2D eigenvalue weighted by Crippen LogP contribution is 2.42. The molecule has 10 atom stereocenters. The van der Waals surface area contributed by atoms with Crippen molar-refractivity contribution >= 4 is 16.9 Å². The Balaban J connectivity index is 1.43. The number of carbonyl (C=O) groups is 1. The number of esters is 1. The van der Waals surface area contributed by atoms with Gasteiger partial charge in [0.25, 0.3) is 0 Å². The fourth-order valence-corrected chi connectivity index (χ4v) is 5.06. The predicted molar refractivity (Wildman–Crippen MR) is 148 cm³/mol. The summed E-state index contributed by atoms with van der Waals surface area (Å²) >= 11 is 0. The van der Waals surface area contributed by atoms with E-state index in [-0.39, 0.29) is 33.8 Å². The molecule has 0 amide bonds. The maximum absolute atomic E-state index is 11.6. The molecule has 2 aromatic carbocycles. The normalized spacial score (nSPS) is 31.9. The minimum atomic E-state index is -1.85. The van der Waals surface area contributed by atoms with E-state index in [1.165, 1.54) is 31.2 Å². The van der Waals surface area contributed by atoms with E-state index in [9.17, 15) is 50.8 Å². The SMILES string of the molecule is CC(=O)O[C@H]1C(O)[C@@H](O)C(C)O[C@H]1OCC1O[C@@H](Oc2cc3c(O)cc(O)cc3[o+]c2-c2ccc(O)c(O)c2)C(O)[C@@H](O)[C@@H]1O.